The van der Waals surface area contributed by atoms with Crippen LogP contribution < -0.4 is 15.2 Å². The first-order chi connectivity index (χ1) is 39.1. The van der Waals surface area contributed by atoms with E-state index in [-0.39, 0.29) is 0 Å². The van der Waals surface area contributed by atoms with Gasteiger partial charge < -0.3 is 14.8 Å². The number of hydrogen-bond donors (Lipinski definition) is 2. The quantitative estimate of drug-likeness (QED) is 0.0263. The zero-order valence-corrected chi connectivity index (χ0v) is 52.0. The molecular weight excluding hydrogens is 965 g/mol. The van der Waals surface area contributed by atoms with Crippen molar-refractivity contribution in [2.24, 2.45) is 0 Å². The lowest BCUT2D eigenvalue weighted by molar-refractivity contribution is 0.0697. The maximum Gasteiger partial charge on any atom is 0.336 e. The Hall–Kier alpha value is -3.60. The normalized spacial score (nSPS) is 11.6. The number of anilines is 1. The molecule has 0 saturated heterocycles. The lowest BCUT2D eigenvalue weighted by Gasteiger charge is -2.17. The van der Waals surface area contributed by atoms with Crippen molar-refractivity contribution in [3.8, 4) is 22.5 Å². The topological polar surface area (TPSA) is 65.5 Å². The van der Waals surface area contributed by atoms with Gasteiger partial charge in [-0.2, -0.15) is 0 Å². The maximum absolute atomic E-state index is 12.7. The third-order valence-electron chi connectivity index (χ3n) is 17.4. The Labute approximate surface area is 487 Å². The number of rotatable bonds is 54. The van der Waals surface area contributed by atoms with Crippen molar-refractivity contribution in [2.45, 2.75) is 329 Å². The number of fused-ring (bicyclic) bond motifs is 2. The van der Waals surface area contributed by atoms with Crippen LogP contribution in [0.3, 0.4) is 0 Å². The molecule has 2 N–H and O–H groups in total. The number of carboxylic acids is 1. The number of aromatic carboxylic acids is 1. The second-order valence-corrected chi connectivity index (χ2v) is 24.5. The van der Waals surface area contributed by atoms with E-state index in [1.807, 2.05) is 18.2 Å². The molecular formula is C74H123N2O3+. The number of unbranched alkanes of at least 4 members (excludes halogenated alkanes) is 45. The molecule has 2 aliphatic rings. The highest BCUT2D eigenvalue weighted by atomic mass is 16.4. The summed E-state index contributed by atoms with van der Waals surface area (Å²) in [4.78, 5) is 12.7. The smallest absolute Gasteiger partial charge is 0.336 e. The van der Waals surface area contributed by atoms with Gasteiger partial charge in [0.1, 0.15) is 24.4 Å². The molecule has 1 aliphatic carbocycles. The molecule has 0 amide bonds. The Kier molecular flexibility index (Phi) is 40.4. The molecule has 2 aromatic rings. The van der Waals surface area contributed by atoms with E-state index in [9.17, 15) is 9.90 Å². The first-order valence-electron chi connectivity index (χ1n) is 34.7. The van der Waals surface area contributed by atoms with Crippen LogP contribution in [0.25, 0.3) is 33.4 Å². The molecule has 446 valence electrons. The fraction of sp³-hybridized carbons (Fsp3) is 0.730. The summed E-state index contributed by atoms with van der Waals surface area (Å²) < 4.78 is 9.57. The van der Waals surface area contributed by atoms with Crippen LogP contribution in [0.2, 0.25) is 0 Å². The van der Waals surface area contributed by atoms with Gasteiger partial charge in [0.05, 0.1) is 11.6 Å². The average molecular weight is 1090 g/mol. The van der Waals surface area contributed by atoms with Gasteiger partial charge >= 0.3 is 5.97 Å². The van der Waals surface area contributed by atoms with E-state index in [4.69, 9.17) is 4.42 Å². The number of benzene rings is 3. The Morgan fingerprint density at radius 3 is 1.16 bits per heavy atom. The van der Waals surface area contributed by atoms with Gasteiger partial charge in [0.25, 0.3) is 0 Å². The molecule has 0 bridgehead atoms. The average Bonchev–Trinajstić information content (AvgIpc) is 3.49. The highest BCUT2D eigenvalue weighted by Crippen LogP contribution is 2.42. The van der Waals surface area contributed by atoms with Gasteiger partial charge in [0.15, 0.2) is 0 Å². The monoisotopic (exact) mass is 1090 g/mol. The Balaban J connectivity index is 1.36. The van der Waals surface area contributed by atoms with E-state index in [1.165, 1.54) is 307 Å². The van der Waals surface area contributed by atoms with Crippen LogP contribution in [0.15, 0.2) is 65.1 Å². The molecule has 0 aromatic heterocycles. The fourth-order valence-electron chi connectivity index (χ4n) is 12.3. The van der Waals surface area contributed by atoms with Crippen LogP contribution in [0.1, 0.15) is 339 Å². The summed E-state index contributed by atoms with van der Waals surface area (Å²) >= 11 is 0. The molecule has 0 fully saturated rings. The number of nitrogens with one attached hydrogen (secondary N) is 1. The maximum atomic E-state index is 12.7. The fourth-order valence-corrected chi connectivity index (χ4v) is 12.3. The van der Waals surface area contributed by atoms with Gasteiger partial charge in [0, 0.05) is 53.7 Å². The van der Waals surface area contributed by atoms with E-state index < -0.39 is 5.97 Å². The molecule has 1 aliphatic heterocycles. The Morgan fingerprint density at radius 2 is 0.772 bits per heavy atom. The van der Waals surface area contributed by atoms with Gasteiger partial charge in [0.2, 0.25) is 5.36 Å². The van der Waals surface area contributed by atoms with Crippen molar-refractivity contribution in [2.75, 3.05) is 25.0 Å². The number of carboxylic acid groups (broad SMARTS) is 1. The van der Waals surface area contributed by atoms with Crippen LogP contribution in [0.4, 0.5) is 5.69 Å². The molecule has 0 unspecified atom stereocenters. The predicted molar refractivity (Wildman–Crippen MR) is 347 cm³/mol. The zero-order chi connectivity index (χ0) is 55.9. The molecule has 1 heterocycles. The minimum Gasteiger partial charge on any atom is -0.478 e. The van der Waals surface area contributed by atoms with Crippen LogP contribution in [0.5, 0.6) is 0 Å². The molecule has 5 heteroatoms. The molecule has 0 spiro atoms. The van der Waals surface area contributed by atoms with E-state index in [0.29, 0.717) is 5.56 Å². The third-order valence-corrected chi connectivity index (χ3v) is 17.4. The molecule has 4 rings (SSSR count). The zero-order valence-electron chi connectivity index (χ0n) is 52.0. The van der Waals surface area contributed by atoms with E-state index in [1.54, 1.807) is 6.07 Å². The van der Waals surface area contributed by atoms with E-state index >= 15 is 0 Å². The van der Waals surface area contributed by atoms with Crippen LogP contribution in [0, 0.1) is 0 Å². The second kappa shape index (κ2) is 46.9. The second-order valence-electron chi connectivity index (χ2n) is 24.5. The lowest BCUT2D eigenvalue weighted by atomic mass is 9.90. The standard InChI is InChI=1S/C74H122N2O3/c1-4-7-10-13-16-19-22-25-28-31-34-37-40-43-46-51-60-75-65-56-58-69-71(63-65)79-72-64-66(57-59-70(72)73(69)67-54-49-50-55-68(67)74(77)78)76(61-52-47-44-41-38-35-32-29-26-23-20-17-14-11-8-5-2)62-53-48-45-42-39-36-33-30-27-24-21-18-15-12-9-6-3/h49-50,54-59,63-64H,4-48,51-53,60-62H2,1-3H3,(H,77,78)/p+1. The molecule has 0 radical (unpaired) electrons. The van der Waals surface area contributed by atoms with Gasteiger partial charge in [-0.15, -0.1) is 0 Å². The first-order valence-corrected chi connectivity index (χ1v) is 34.7. The van der Waals surface area contributed by atoms with Crippen molar-refractivity contribution in [1.82, 2.24) is 4.58 Å². The number of carbonyl (C=O) groups is 1. The summed E-state index contributed by atoms with van der Waals surface area (Å²) in [6, 6.07) is 20.7. The Morgan fingerprint density at radius 1 is 0.405 bits per heavy atom. The van der Waals surface area contributed by atoms with Crippen molar-refractivity contribution >= 4 is 22.6 Å². The molecule has 0 atom stereocenters. The van der Waals surface area contributed by atoms with Crippen LogP contribution in [-0.4, -0.2) is 30.7 Å². The van der Waals surface area contributed by atoms with Gasteiger partial charge in [-0.1, -0.05) is 315 Å². The van der Waals surface area contributed by atoms with Gasteiger partial charge in [-0.05, 0) is 49.1 Å². The summed E-state index contributed by atoms with van der Waals surface area (Å²) in [6.45, 7) is 9.95. The summed E-state index contributed by atoms with van der Waals surface area (Å²) in [5.41, 5.74) is 4.80. The van der Waals surface area contributed by atoms with E-state index in [0.717, 1.165) is 65.2 Å². The summed E-state index contributed by atoms with van der Waals surface area (Å²) in [7, 11) is 0. The summed E-state index contributed by atoms with van der Waals surface area (Å²) in [5.74, 6) is -0.0886. The number of nitrogens with zero attached hydrogens (tertiary/aromatic N) is 1. The minimum atomic E-state index is -0.907. The third kappa shape index (κ3) is 30.9. The molecule has 0 saturated carbocycles. The first kappa shape index (κ1) is 67.9. The predicted octanol–water partition coefficient (Wildman–Crippen LogP) is 23.9. The highest BCUT2D eigenvalue weighted by Gasteiger charge is 2.23. The molecule has 79 heavy (non-hydrogen) atoms. The van der Waals surface area contributed by atoms with Crippen LogP contribution in [-0.2, 0) is 0 Å². The Bertz CT molecular complexity index is 2080. The van der Waals surface area contributed by atoms with Gasteiger partial charge in [-0.25, -0.2) is 9.37 Å². The minimum absolute atomic E-state index is 0.319. The SMILES string of the molecule is CCCCCCCCCCCCCCCCCCNc1ccc2c(-c3ccccc3C(=O)O)c3ccc(=[N+](CCCCCCCCCCCCCCCCCC)CCCCCCCCCCCCCCCCCC)cc-3oc2c1. The summed E-state index contributed by atoms with van der Waals surface area (Å²) in [6.07, 6.45) is 66.2. The largest absolute Gasteiger partial charge is 0.478 e. The van der Waals surface area contributed by atoms with E-state index in [2.05, 4.69) is 67.1 Å². The van der Waals surface area contributed by atoms with Crippen LogP contribution >= 0.6 is 0 Å². The molecule has 5 nitrogen and oxygen atoms in total. The number of hydrogen-bond acceptors (Lipinski definition) is 3. The van der Waals surface area contributed by atoms with Crippen molar-refractivity contribution < 1.29 is 14.3 Å². The lowest BCUT2D eigenvalue weighted by Crippen LogP contribution is -2.32. The van der Waals surface area contributed by atoms with Crippen molar-refractivity contribution in [1.29, 1.82) is 0 Å². The van der Waals surface area contributed by atoms with Crippen molar-refractivity contribution in [3.05, 3.63) is 71.6 Å². The highest BCUT2D eigenvalue weighted by molar-refractivity contribution is 6.07. The molecule has 2 aromatic carbocycles. The summed E-state index contributed by atoms with van der Waals surface area (Å²) in [5, 5.41) is 16.3. The van der Waals surface area contributed by atoms with Gasteiger partial charge in [-0.3, -0.25) is 0 Å². The van der Waals surface area contributed by atoms with Crippen molar-refractivity contribution in [3.63, 3.8) is 0 Å².